The SMILES string of the molecule is C.C.C.C=[N+](C)C.CC#N.CC(C)(C)OC(=O)N1CCC(=O)CC1.CN(C)CC1CN(C(=O)OC(C)(C)C)CCC1=O.CN(C)C[C@H]1CN(C(=O)OC(C)(C)C)CC[C@@]1(O)c1cccc(C#N)c1.CN(C)C[C@H]1CN(C(=O)OC(C)(C)C)CC[C@]1(O)c1cccc(C#N)c1.Fc1ccc(CBr)c(Cl)c1.N#Cc1cccc(I)c1.[CH2-]CCC.[Cl-].[Li+]. The van der Waals surface area contributed by atoms with Gasteiger partial charge in [-0.1, -0.05) is 99.6 Å². The third kappa shape index (κ3) is 51.6. The number of alkyl halides is 1. The van der Waals surface area contributed by atoms with Crippen LogP contribution in [0.25, 0.3) is 0 Å². The first-order valence-electron chi connectivity index (χ1n) is 37.9. The molecular weight excluding hydrogens is 1730 g/mol. The number of hydrogen-bond acceptors (Lipinski definition) is 19. The molecule has 0 aliphatic carbocycles. The third-order valence-corrected chi connectivity index (χ3v) is 18.0. The molecule has 2 N–H and O–H groups in total. The summed E-state index contributed by atoms with van der Waals surface area (Å²) in [5.74, 6) is -0.301. The first kappa shape index (κ1) is 123. The number of nitrogens with zero attached hydrogens (tertiary/aromatic N) is 12. The van der Waals surface area contributed by atoms with E-state index < -0.39 is 33.6 Å². The number of likely N-dealkylation sites (tertiary alicyclic amines) is 4. The van der Waals surface area contributed by atoms with Crippen molar-refractivity contribution in [3.8, 4) is 24.3 Å². The Kier molecular flexibility index (Phi) is 62.5. The summed E-state index contributed by atoms with van der Waals surface area (Å²) >= 11 is 11.1. The van der Waals surface area contributed by atoms with Crippen molar-refractivity contribution in [1.82, 2.24) is 34.3 Å². The molecule has 5 atom stereocenters. The minimum atomic E-state index is -1.09. The minimum Gasteiger partial charge on any atom is -1.00 e. The van der Waals surface area contributed by atoms with Crippen molar-refractivity contribution >= 4 is 92.8 Å². The average Bonchev–Trinajstić information content (AvgIpc) is 0.778. The average molecular weight is 1870 g/mol. The molecule has 4 saturated heterocycles. The van der Waals surface area contributed by atoms with E-state index in [1.54, 1.807) is 78.8 Å². The zero-order chi connectivity index (χ0) is 87.7. The summed E-state index contributed by atoms with van der Waals surface area (Å²) in [4.78, 5) is 83.6. The van der Waals surface area contributed by atoms with Gasteiger partial charge in [0, 0.05) is 130 Å². The predicted molar refractivity (Wildman–Crippen MR) is 479 cm³/mol. The molecule has 0 spiro atoms. The molecule has 8 rings (SSSR count). The summed E-state index contributed by atoms with van der Waals surface area (Å²) in [7, 11) is 15.4. The Hall–Kier alpha value is -6.95. The zero-order valence-electron chi connectivity index (χ0n) is 73.0. The van der Waals surface area contributed by atoms with Gasteiger partial charge in [0.25, 0.3) is 0 Å². The van der Waals surface area contributed by atoms with Gasteiger partial charge >= 0.3 is 43.2 Å². The summed E-state index contributed by atoms with van der Waals surface area (Å²) in [5.41, 5.74) is -0.0987. The number of hydrogen-bond donors (Lipinski definition) is 2. The maximum absolute atomic E-state index is 12.5. The van der Waals surface area contributed by atoms with E-state index in [1.807, 2.05) is 184 Å². The van der Waals surface area contributed by atoms with Crippen molar-refractivity contribution in [1.29, 1.82) is 21.0 Å². The van der Waals surface area contributed by atoms with Crippen LogP contribution in [-0.4, -0.2) is 243 Å². The van der Waals surface area contributed by atoms with Crippen LogP contribution in [0.4, 0.5) is 23.6 Å². The monoisotopic (exact) mass is 1870 g/mol. The van der Waals surface area contributed by atoms with Gasteiger partial charge in [-0.15, -0.1) is 0 Å². The van der Waals surface area contributed by atoms with Crippen molar-refractivity contribution in [2.75, 3.05) is 128 Å². The number of ketones is 2. The molecule has 4 heterocycles. The fraction of sp³-hybridized carbons (Fsp3) is 0.596. The van der Waals surface area contributed by atoms with Crippen LogP contribution in [0.5, 0.6) is 0 Å². The molecule has 4 fully saturated rings. The first-order chi connectivity index (χ1) is 52.8. The normalized spacial score (nSPS) is 17.7. The van der Waals surface area contributed by atoms with Crippen LogP contribution < -0.4 is 31.3 Å². The molecule has 4 aliphatic rings. The molecule has 1 unspecified atom stereocenters. The van der Waals surface area contributed by atoms with E-state index in [0.29, 0.717) is 126 Å². The van der Waals surface area contributed by atoms with Gasteiger partial charge in [-0.3, -0.25) is 9.59 Å². The number of unbranched alkanes of at least 4 members (excludes halogenated alkanes) is 1. The minimum absolute atomic E-state index is 0. The molecule has 4 aromatic rings. The molecule has 664 valence electrons. The van der Waals surface area contributed by atoms with Crippen LogP contribution in [0.1, 0.15) is 198 Å². The number of rotatable bonds is 10. The van der Waals surface area contributed by atoms with Crippen LogP contribution in [0.2, 0.25) is 5.02 Å². The Bertz CT molecular complexity index is 3730. The van der Waals surface area contributed by atoms with Crippen LogP contribution in [0.3, 0.4) is 0 Å². The van der Waals surface area contributed by atoms with Crippen LogP contribution in [0.15, 0.2) is 91.0 Å². The van der Waals surface area contributed by atoms with Gasteiger partial charge in [-0.25, -0.2) is 28.1 Å². The van der Waals surface area contributed by atoms with Gasteiger partial charge in [0.2, 0.25) is 0 Å². The molecule has 0 radical (unpaired) electrons. The molecule has 30 heteroatoms. The van der Waals surface area contributed by atoms with E-state index >= 15 is 0 Å². The Morgan fingerprint density at radius 1 is 0.597 bits per heavy atom. The topological polar surface area (TPSA) is 301 Å². The Morgan fingerprint density at radius 3 is 1.21 bits per heavy atom. The van der Waals surface area contributed by atoms with Gasteiger partial charge < -0.3 is 82.8 Å². The molecule has 24 nitrogen and oxygen atoms in total. The molecule has 0 saturated carbocycles. The number of amides is 4. The molecule has 4 aliphatic heterocycles. The zero-order valence-corrected chi connectivity index (χ0v) is 78.2. The smallest absolute Gasteiger partial charge is 1.00 e. The van der Waals surface area contributed by atoms with Gasteiger partial charge in [0.05, 0.1) is 52.2 Å². The quantitative estimate of drug-likeness (QED) is 0.0283. The van der Waals surface area contributed by atoms with Crippen molar-refractivity contribution in [2.45, 2.75) is 203 Å². The number of piperidine rings is 4. The predicted octanol–water partition coefficient (Wildman–Crippen LogP) is 11.7. The Morgan fingerprint density at radius 2 is 0.916 bits per heavy atom. The van der Waals surface area contributed by atoms with E-state index in [2.05, 4.69) is 77.3 Å². The second kappa shape index (κ2) is 60.5. The largest absolute Gasteiger partial charge is 1.00 e. The fourth-order valence-electron chi connectivity index (χ4n) is 11.2. The molecular formula is C89H140BrCl2FILiN12O12. The van der Waals surface area contributed by atoms with E-state index in [4.69, 9.17) is 51.6 Å². The first-order valence-corrected chi connectivity index (χ1v) is 40.5. The van der Waals surface area contributed by atoms with E-state index in [-0.39, 0.29) is 113 Å². The fourth-order valence-corrected chi connectivity index (χ4v) is 12.7. The maximum atomic E-state index is 12.5. The molecule has 0 bridgehead atoms. The van der Waals surface area contributed by atoms with Crippen molar-refractivity contribution in [3.05, 3.63) is 146 Å². The number of Topliss-reactive ketones (excluding diaryl/α,β-unsaturated/α-hetero) is 2. The van der Waals surface area contributed by atoms with Crippen LogP contribution in [-0.2, 0) is 45.1 Å². The Balaban J connectivity index is -0.000000321. The second-order valence-corrected chi connectivity index (χ2v) is 35.0. The van der Waals surface area contributed by atoms with Crippen molar-refractivity contribution < 1.29 is 98.2 Å². The van der Waals surface area contributed by atoms with Crippen molar-refractivity contribution in [2.24, 2.45) is 17.8 Å². The summed E-state index contributed by atoms with van der Waals surface area (Å²) in [6.45, 7) is 38.2. The number of nitriles is 4. The maximum Gasteiger partial charge on any atom is 1.00 e. The van der Waals surface area contributed by atoms with E-state index in [9.17, 15) is 43.4 Å². The second-order valence-electron chi connectivity index (χ2n) is 32.8. The van der Waals surface area contributed by atoms with Crippen LogP contribution in [0, 0.1) is 79.4 Å². The summed E-state index contributed by atoms with van der Waals surface area (Å²) < 4.78 is 36.7. The number of carbonyl (C=O) groups excluding carboxylic acids is 6. The molecule has 0 aromatic heterocycles. The summed E-state index contributed by atoms with van der Waals surface area (Å²) in [5, 5.41) is 58.2. The van der Waals surface area contributed by atoms with Gasteiger partial charge in [-0.2, -0.15) is 27.5 Å². The summed E-state index contributed by atoms with van der Waals surface area (Å²) in [6.07, 6.45) is 3.09. The standard InChI is InChI=1S/2C20H29N3O3.C13H24N2O3.C10H17NO3.C7H5BrClF.C7H4IN.C4H9.C3H8N.C2H3N.3CH4.ClH.Li/c2*1-19(2,3)26-18(24)23-10-9-20(25,17(14-23)13-22(4)5)16-8-6-7-15(11-16)12-21;1-13(2,3)18-12(17)15-7-6-11(16)10(9-15)8-14(4)5;1-10(2,3)14-9(13)11-6-4-8(12)5-7-11;8-4-5-1-2-6(10)3-7(5)9;8-7-3-1-2-6(4-7)5-9;1-3-4-2;1-4(2)3;1-2-3;;;;;/h2*6-8,11,17,25H,9-10,13-14H2,1-5H3;10H,6-9H2,1-5H3;4-7H2,1-3H3;1-3H,4H2;1-4H;1,3-4H2,2H3;1H2,2-3H3;1H3;3*1H4;1H;/q;;;;;;-1;+1;;;;;;+1/p-1/t17-,20+;17-,20-;;;;;;;;;;;;/m00............/s1. The van der Waals surface area contributed by atoms with Crippen molar-refractivity contribution in [3.63, 3.8) is 0 Å². The molecule has 4 aromatic carbocycles. The number of halogens is 5. The van der Waals surface area contributed by atoms with E-state index in [0.717, 1.165) is 32.2 Å². The van der Waals surface area contributed by atoms with Gasteiger partial charge in [0.1, 0.15) is 60.6 Å². The number of ether oxygens (including phenoxy) is 4. The number of aliphatic hydroxyl groups is 2. The molecule has 4 amide bonds. The third-order valence-electron chi connectivity index (χ3n) is 16.4. The van der Waals surface area contributed by atoms with Gasteiger partial charge in [0.15, 0.2) is 0 Å². The van der Waals surface area contributed by atoms with Gasteiger partial charge in [-0.05, 0) is 232 Å². The van der Waals surface area contributed by atoms with E-state index in [1.165, 1.54) is 25.5 Å². The molecule has 119 heavy (non-hydrogen) atoms. The van der Waals surface area contributed by atoms with Crippen LogP contribution >= 0.6 is 50.1 Å². The number of carbonyl (C=O) groups is 6. The summed E-state index contributed by atoms with van der Waals surface area (Å²) in [6, 6.07) is 34.1. The number of benzene rings is 4. The Labute approximate surface area is 759 Å².